The van der Waals surface area contributed by atoms with Gasteiger partial charge in [-0.25, -0.2) is 9.97 Å². The van der Waals surface area contributed by atoms with Crippen LogP contribution in [-0.4, -0.2) is 15.0 Å². The molecule has 3 N–H and O–H groups in total. The van der Waals surface area contributed by atoms with E-state index in [0.717, 1.165) is 26.9 Å². The lowest BCUT2D eigenvalue weighted by molar-refractivity contribution is 1.05. The lowest BCUT2D eigenvalue weighted by Gasteiger charge is -1.97. The summed E-state index contributed by atoms with van der Waals surface area (Å²) < 4.78 is 0. The Morgan fingerprint density at radius 1 is 1.22 bits per heavy atom. The minimum absolute atomic E-state index is 0.733. The molecule has 2 aromatic heterocycles. The van der Waals surface area contributed by atoms with Gasteiger partial charge >= 0.3 is 0 Å². The Bertz CT molecular complexity index is 705. The first-order valence-electron chi connectivity index (χ1n) is 5.56. The number of nitrogens with two attached hydrogens (primary N) is 1. The average Bonchev–Trinajstić information content (AvgIpc) is 2.70. The van der Waals surface area contributed by atoms with E-state index in [1.54, 1.807) is 6.20 Å². The van der Waals surface area contributed by atoms with Crippen molar-refractivity contribution in [1.29, 1.82) is 0 Å². The number of fused-ring (bicyclic) bond motifs is 1. The van der Waals surface area contributed by atoms with Crippen molar-refractivity contribution < 1.29 is 0 Å². The summed E-state index contributed by atoms with van der Waals surface area (Å²) in [5.74, 6) is 0. The number of hydrogen-bond donors (Lipinski definition) is 2. The zero-order valence-electron chi connectivity index (χ0n) is 9.84. The highest BCUT2D eigenvalue weighted by molar-refractivity contribution is 7.99. The van der Waals surface area contributed by atoms with E-state index in [1.807, 2.05) is 37.3 Å². The molecular formula is C13H12N4S. The predicted octanol–water partition coefficient (Wildman–Crippen LogP) is 3.00. The number of hydrogen-bond acceptors (Lipinski definition) is 4. The summed E-state index contributed by atoms with van der Waals surface area (Å²) in [6, 6.07) is 9.66. The highest BCUT2D eigenvalue weighted by Crippen LogP contribution is 2.26. The van der Waals surface area contributed by atoms with Crippen LogP contribution in [0.3, 0.4) is 0 Å². The Labute approximate surface area is 109 Å². The number of aromatic nitrogens is 3. The van der Waals surface area contributed by atoms with Crippen molar-refractivity contribution in [2.24, 2.45) is 0 Å². The van der Waals surface area contributed by atoms with Crippen LogP contribution in [0.25, 0.3) is 11.0 Å². The van der Waals surface area contributed by atoms with Crippen LogP contribution >= 0.6 is 11.8 Å². The Hall–Kier alpha value is -2.01. The van der Waals surface area contributed by atoms with Crippen molar-refractivity contribution in [2.45, 2.75) is 17.1 Å². The maximum absolute atomic E-state index is 5.74. The molecule has 0 saturated carbocycles. The molecular weight excluding hydrogens is 244 g/mol. The minimum Gasteiger partial charge on any atom is -0.399 e. The van der Waals surface area contributed by atoms with Gasteiger partial charge in [0.15, 0.2) is 5.16 Å². The number of benzene rings is 1. The Morgan fingerprint density at radius 3 is 2.94 bits per heavy atom. The van der Waals surface area contributed by atoms with Gasteiger partial charge in [0.25, 0.3) is 0 Å². The van der Waals surface area contributed by atoms with E-state index in [9.17, 15) is 0 Å². The fourth-order valence-electron chi connectivity index (χ4n) is 1.72. The van der Waals surface area contributed by atoms with E-state index < -0.39 is 0 Å². The van der Waals surface area contributed by atoms with Crippen LogP contribution in [0.4, 0.5) is 5.69 Å². The van der Waals surface area contributed by atoms with Crippen molar-refractivity contribution in [1.82, 2.24) is 15.0 Å². The largest absolute Gasteiger partial charge is 0.399 e. The lowest BCUT2D eigenvalue weighted by atomic mass is 10.3. The molecule has 1 aromatic carbocycles. The number of rotatable bonds is 2. The average molecular weight is 256 g/mol. The lowest BCUT2D eigenvalue weighted by Crippen LogP contribution is -1.82. The Balaban J connectivity index is 1.95. The summed E-state index contributed by atoms with van der Waals surface area (Å²) in [7, 11) is 0. The second kappa shape index (κ2) is 4.34. The monoisotopic (exact) mass is 256 g/mol. The molecule has 0 bridgehead atoms. The van der Waals surface area contributed by atoms with Crippen LogP contribution in [0, 0.1) is 6.92 Å². The van der Waals surface area contributed by atoms with E-state index in [2.05, 4.69) is 15.0 Å². The van der Waals surface area contributed by atoms with Gasteiger partial charge in [-0.1, -0.05) is 0 Å². The zero-order valence-corrected chi connectivity index (χ0v) is 10.7. The molecule has 5 heteroatoms. The van der Waals surface area contributed by atoms with Crippen LogP contribution in [0.15, 0.2) is 46.7 Å². The first-order chi connectivity index (χ1) is 8.70. The van der Waals surface area contributed by atoms with Gasteiger partial charge in [-0.05, 0) is 54.6 Å². The molecule has 0 atom stereocenters. The molecule has 0 spiro atoms. The van der Waals surface area contributed by atoms with Gasteiger partial charge in [0.2, 0.25) is 0 Å². The molecule has 0 saturated heterocycles. The maximum atomic E-state index is 5.74. The third-order valence-electron chi connectivity index (χ3n) is 2.58. The van der Waals surface area contributed by atoms with E-state index in [-0.39, 0.29) is 0 Å². The Morgan fingerprint density at radius 2 is 2.11 bits per heavy atom. The smallest absolute Gasteiger partial charge is 0.172 e. The fraction of sp³-hybridized carbons (Fsp3) is 0.0769. The zero-order chi connectivity index (χ0) is 12.5. The summed E-state index contributed by atoms with van der Waals surface area (Å²) in [6.07, 6.45) is 1.80. The highest BCUT2D eigenvalue weighted by atomic mass is 32.2. The van der Waals surface area contributed by atoms with Crippen LogP contribution in [0.5, 0.6) is 0 Å². The van der Waals surface area contributed by atoms with E-state index >= 15 is 0 Å². The second-order valence-electron chi connectivity index (χ2n) is 4.09. The van der Waals surface area contributed by atoms with Crippen molar-refractivity contribution in [3.05, 3.63) is 42.1 Å². The second-order valence-corrected chi connectivity index (χ2v) is 5.10. The van der Waals surface area contributed by atoms with Gasteiger partial charge in [0.05, 0.1) is 11.0 Å². The number of nitrogens with zero attached hydrogens (tertiary/aromatic N) is 2. The molecule has 0 radical (unpaired) electrons. The first-order valence-corrected chi connectivity index (χ1v) is 6.38. The number of nitrogens with one attached hydrogen (secondary N) is 1. The standard InChI is InChI=1S/C13H12N4S/c1-8-4-5-15-12(6-8)18-13-16-10-3-2-9(14)7-11(10)17-13/h2-7H,14H2,1H3,(H,16,17). The minimum atomic E-state index is 0.733. The third-order valence-corrected chi connectivity index (χ3v) is 3.39. The summed E-state index contributed by atoms with van der Waals surface area (Å²) >= 11 is 1.51. The summed E-state index contributed by atoms with van der Waals surface area (Å²) in [5, 5.41) is 1.76. The third kappa shape index (κ3) is 2.17. The molecule has 90 valence electrons. The molecule has 0 unspecified atom stereocenters. The molecule has 0 amide bonds. The summed E-state index contributed by atoms with van der Waals surface area (Å²) in [5.41, 5.74) is 9.52. The van der Waals surface area contributed by atoms with Crippen molar-refractivity contribution >= 4 is 28.5 Å². The molecule has 2 heterocycles. The molecule has 3 rings (SSSR count). The fourth-order valence-corrected chi connectivity index (χ4v) is 2.58. The number of nitrogen functional groups attached to an aromatic ring is 1. The van der Waals surface area contributed by atoms with Crippen LogP contribution in [0.2, 0.25) is 0 Å². The molecule has 3 aromatic rings. The van der Waals surface area contributed by atoms with Crippen molar-refractivity contribution in [2.75, 3.05) is 5.73 Å². The maximum Gasteiger partial charge on any atom is 0.172 e. The number of aryl methyl sites for hydroxylation is 1. The number of aromatic amines is 1. The van der Waals surface area contributed by atoms with Crippen molar-refractivity contribution in [3.8, 4) is 0 Å². The van der Waals surface area contributed by atoms with Crippen LogP contribution in [0.1, 0.15) is 5.56 Å². The van der Waals surface area contributed by atoms with Crippen LogP contribution in [-0.2, 0) is 0 Å². The summed E-state index contributed by atoms with van der Waals surface area (Å²) in [6.45, 7) is 2.05. The molecule has 0 aliphatic rings. The van der Waals surface area contributed by atoms with Gasteiger partial charge < -0.3 is 10.7 Å². The van der Waals surface area contributed by atoms with Crippen molar-refractivity contribution in [3.63, 3.8) is 0 Å². The number of imidazole rings is 1. The SMILES string of the molecule is Cc1ccnc(Sc2nc3ccc(N)cc3[nH]2)c1. The summed E-state index contributed by atoms with van der Waals surface area (Å²) in [4.78, 5) is 12.0. The van der Waals surface area contributed by atoms with Gasteiger partial charge in [-0.15, -0.1) is 0 Å². The normalized spacial score (nSPS) is 10.9. The molecule has 18 heavy (non-hydrogen) atoms. The molecule has 0 aliphatic carbocycles. The van der Waals surface area contributed by atoms with E-state index in [0.29, 0.717) is 0 Å². The molecule has 0 fully saturated rings. The molecule has 4 nitrogen and oxygen atoms in total. The Kier molecular flexibility index (Phi) is 2.68. The van der Waals surface area contributed by atoms with Crippen LogP contribution < -0.4 is 5.73 Å². The number of anilines is 1. The topological polar surface area (TPSA) is 67.6 Å². The highest BCUT2D eigenvalue weighted by Gasteiger charge is 2.05. The quantitative estimate of drug-likeness (QED) is 0.692. The number of pyridine rings is 1. The van der Waals surface area contributed by atoms with Gasteiger partial charge in [0.1, 0.15) is 5.03 Å². The van der Waals surface area contributed by atoms with Gasteiger partial charge in [0, 0.05) is 11.9 Å². The number of H-pyrrole nitrogens is 1. The van der Waals surface area contributed by atoms with Gasteiger partial charge in [-0.2, -0.15) is 0 Å². The van der Waals surface area contributed by atoms with E-state index in [4.69, 9.17) is 5.73 Å². The van der Waals surface area contributed by atoms with E-state index in [1.165, 1.54) is 17.3 Å². The molecule has 0 aliphatic heterocycles. The first kappa shape index (κ1) is 11.1. The predicted molar refractivity (Wildman–Crippen MR) is 73.6 cm³/mol. The van der Waals surface area contributed by atoms with Gasteiger partial charge in [-0.3, -0.25) is 0 Å².